The molecular formula is C11H14N4. The molecule has 2 aliphatic heterocycles. The van der Waals surface area contributed by atoms with E-state index in [1.165, 1.54) is 18.7 Å². The van der Waals surface area contributed by atoms with E-state index in [1.807, 2.05) is 6.20 Å². The normalized spacial score (nSPS) is 16.1. The Labute approximate surface area is 88.7 Å². The van der Waals surface area contributed by atoms with Crippen molar-refractivity contribution in [3.63, 3.8) is 0 Å². The molecule has 0 spiro atoms. The lowest BCUT2D eigenvalue weighted by Gasteiger charge is -2.14. The molecule has 3 aliphatic rings. The summed E-state index contributed by atoms with van der Waals surface area (Å²) in [7, 11) is 0. The van der Waals surface area contributed by atoms with E-state index in [2.05, 4.69) is 26.4 Å². The first-order valence-electron chi connectivity index (χ1n) is 5.56. The van der Waals surface area contributed by atoms with Crippen LogP contribution in [0.1, 0.15) is 37.9 Å². The van der Waals surface area contributed by atoms with Crippen LogP contribution < -0.4 is 0 Å². The summed E-state index contributed by atoms with van der Waals surface area (Å²) in [6, 6.07) is 0. The summed E-state index contributed by atoms with van der Waals surface area (Å²) in [4.78, 5) is 13.0. The van der Waals surface area contributed by atoms with Crippen molar-refractivity contribution in [3.8, 4) is 11.5 Å². The molecule has 0 unspecified atom stereocenters. The summed E-state index contributed by atoms with van der Waals surface area (Å²) in [6.07, 6.45) is 7.13. The molecule has 2 heterocycles. The number of fused-ring (bicyclic) bond motifs is 1. The van der Waals surface area contributed by atoms with Gasteiger partial charge in [-0.05, 0) is 19.3 Å². The van der Waals surface area contributed by atoms with E-state index in [1.54, 1.807) is 6.33 Å². The summed E-state index contributed by atoms with van der Waals surface area (Å²) in [5, 5.41) is 0. The van der Waals surface area contributed by atoms with Gasteiger partial charge in [-0.25, -0.2) is 15.0 Å². The Kier molecular flexibility index (Phi) is 1.94. The Morgan fingerprint density at radius 2 is 2.20 bits per heavy atom. The van der Waals surface area contributed by atoms with Crippen LogP contribution >= 0.6 is 0 Å². The lowest BCUT2D eigenvalue weighted by atomic mass is 10.3. The van der Waals surface area contributed by atoms with Crippen LogP contribution in [0.3, 0.4) is 0 Å². The number of hydrogen-bond donors (Lipinski definition) is 0. The van der Waals surface area contributed by atoms with Crippen LogP contribution in [0, 0.1) is 0 Å². The zero-order valence-corrected chi connectivity index (χ0v) is 8.85. The Hall–Kier alpha value is -1.45. The van der Waals surface area contributed by atoms with Gasteiger partial charge >= 0.3 is 0 Å². The van der Waals surface area contributed by atoms with Crippen molar-refractivity contribution in [2.75, 3.05) is 0 Å². The van der Waals surface area contributed by atoms with Gasteiger partial charge in [-0.15, -0.1) is 0 Å². The van der Waals surface area contributed by atoms with Crippen molar-refractivity contribution in [2.24, 2.45) is 0 Å². The van der Waals surface area contributed by atoms with Gasteiger partial charge in [0.2, 0.25) is 0 Å². The molecule has 3 rings (SSSR count). The average Bonchev–Trinajstić information content (AvgIpc) is 2.96. The van der Waals surface area contributed by atoms with E-state index < -0.39 is 0 Å². The van der Waals surface area contributed by atoms with Gasteiger partial charge in [0, 0.05) is 12.5 Å². The number of imidazole rings is 1. The van der Waals surface area contributed by atoms with Gasteiger partial charge in [0.15, 0.2) is 5.82 Å². The van der Waals surface area contributed by atoms with E-state index in [4.69, 9.17) is 0 Å². The molecule has 0 amide bonds. The largest absolute Gasteiger partial charge is 0.312 e. The Morgan fingerprint density at radius 3 is 2.93 bits per heavy atom. The zero-order chi connectivity index (χ0) is 10.3. The van der Waals surface area contributed by atoms with Gasteiger partial charge in [-0.1, -0.05) is 6.92 Å². The second-order valence-corrected chi connectivity index (χ2v) is 4.12. The lowest BCUT2D eigenvalue weighted by Crippen LogP contribution is -2.11. The zero-order valence-electron chi connectivity index (χ0n) is 8.85. The highest BCUT2D eigenvalue weighted by atomic mass is 15.2. The topological polar surface area (TPSA) is 43.6 Å². The molecular weight excluding hydrogens is 188 g/mol. The first-order chi connectivity index (χ1) is 7.40. The maximum Gasteiger partial charge on any atom is 0.163 e. The molecule has 4 nitrogen and oxygen atoms in total. The van der Waals surface area contributed by atoms with E-state index in [0.29, 0.717) is 5.92 Å². The number of hydrogen-bond acceptors (Lipinski definition) is 3. The fourth-order valence-electron chi connectivity index (χ4n) is 1.99. The van der Waals surface area contributed by atoms with E-state index in [9.17, 15) is 0 Å². The summed E-state index contributed by atoms with van der Waals surface area (Å²) in [5.74, 6) is 2.86. The quantitative estimate of drug-likeness (QED) is 0.765. The molecule has 0 aromatic heterocycles. The van der Waals surface area contributed by atoms with E-state index >= 15 is 0 Å². The SMILES string of the molecule is CCCn1c2ncnc-2cnc1C1CC1. The third kappa shape index (κ3) is 1.40. The fourth-order valence-corrected chi connectivity index (χ4v) is 1.99. The van der Waals surface area contributed by atoms with Crippen molar-refractivity contribution in [1.82, 2.24) is 19.5 Å². The molecule has 0 saturated heterocycles. The third-order valence-electron chi connectivity index (χ3n) is 2.85. The molecule has 4 heteroatoms. The van der Waals surface area contributed by atoms with Gasteiger partial charge in [0.1, 0.15) is 17.8 Å². The standard InChI is InChI=1S/C11H14N4/c1-2-5-15-10(8-3-4-8)12-6-9-11(15)14-7-13-9/h6-8H,2-5H2,1H3. The van der Waals surface area contributed by atoms with Crippen molar-refractivity contribution < 1.29 is 0 Å². The van der Waals surface area contributed by atoms with Crippen molar-refractivity contribution in [3.05, 3.63) is 18.3 Å². The van der Waals surface area contributed by atoms with Gasteiger partial charge < -0.3 is 4.57 Å². The maximum absolute atomic E-state index is 4.52. The minimum Gasteiger partial charge on any atom is -0.312 e. The molecule has 0 bridgehead atoms. The lowest BCUT2D eigenvalue weighted by molar-refractivity contribution is 0.616. The minimum atomic E-state index is 0.664. The number of aromatic nitrogens is 4. The van der Waals surface area contributed by atoms with Gasteiger partial charge in [-0.3, -0.25) is 0 Å². The molecule has 78 valence electrons. The van der Waals surface area contributed by atoms with Gasteiger partial charge in [-0.2, -0.15) is 0 Å². The summed E-state index contributed by atoms with van der Waals surface area (Å²) in [5.41, 5.74) is 0.910. The average molecular weight is 202 g/mol. The first-order valence-corrected chi connectivity index (χ1v) is 5.56. The monoisotopic (exact) mass is 202 g/mol. The molecule has 1 aliphatic carbocycles. The van der Waals surface area contributed by atoms with Crippen LogP contribution in [0.4, 0.5) is 0 Å². The van der Waals surface area contributed by atoms with Crippen LogP contribution in [-0.2, 0) is 6.54 Å². The van der Waals surface area contributed by atoms with Crippen molar-refractivity contribution >= 4 is 0 Å². The predicted octanol–water partition coefficient (Wildman–Crippen LogP) is 2.07. The van der Waals surface area contributed by atoms with Gasteiger partial charge in [0.05, 0.1) is 6.20 Å². The predicted molar refractivity (Wildman–Crippen MR) is 56.7 cm³/mol. The Bertz CT molecular complexity index is 444. The molecule has 0 aromatic carbocycles. The highest BCUT2D eigenvalue weighted by Crippen LogP contribution is 2.40. The van der Waals surface area contributed by atoms with E-state index in [0.717, 1.165) is 24.5 Å². The van der Waals surface area contributed by atoms with Crippen molar-refractivity contribution in [1.29, 1.82) is 0 Å². The van der Waals surface area contributed by atoms with Crippen molar-refractivity contribution in [2.45, 2.75) is 38.6 Å². The third-order valence-corrected chi connectivity index (χ3v) is 2.85. The summed E-state index contributed by atoms with van der Waals surface area (Å²) < 4.78 is 2.24. The summed E-state index contributed by atoms with van der Waals surface area (Å²) in [6.45, 7) is 3.17. The molecule has 1 fully saturated rings. The fraction of sp³-hybridized carbons (Fsp3) is 0.545. The van der Waals surface area contributed by atoms with Crippen LogP contribution in [0.5, 0.6) is 0 Å². The number of nitrogens with zero attached hydrogens (tertiary/aromatic N) is 4. The first kappa shape index (κ1) is 8.83. The maximum atomic E-state index is 4.52. The smallest absolute Gasteiger partial charge is 0.163 e. The second kappa shape index (κ2) is 3.29. The van der Waals surface area contributed by atoms with E-state index in [-0.39, 0.29) is 0 Å². The van der Waals surface area contributed by atoms with Crippen LogP contribution in [0.25, 0.3) is 11.5 Å². The second-order valence-electron chi connectivity index (χ2n) is 4.12. The Balaban J connectivity index is 2.15. The molecule has 1 saturated carbocycles. The van der Waals surface area contributed by atoms with Crippen LogP contribution in [0.15, 0.2) is 12.5 Å². The minimum absolute atomic E-state index is 0.664. The molecule has 15 heavy (non-hydrogen) atoms. The van der Waals surface area contributed by atoms with Gasteiger partial charge in [0.25, 0.3) is 0 Å². The molecule has 0 aromatic rings. The highest BCUT2D eigenvalue weighted by Gasteiger charge is 2.29. The number of rotatable bonds is 3. The Morgan fingerprint density at radius 1 is 1.33 bits per heavy atom. The summed E-state index contributed by atoms with van der Waals surface area (Å²) >= 11 is 0. The van der Waals surface area contributed by atoms with Crippen LogP contribution in [-0.4, -0.2) is 19.5 Å². The highest BCUT2D eigenvalue weighted by molar-refractivity contribution is 5.50. The van der Waals surface area contributed by atoms with Crippen LogP contribution in [0.2, 0.25) is 0 Å². The molecule has 0 atom stereocenters. The molecule has 0 N–H and O–H groups in total. The molecule has 0 radical (unpaired) electrons.